The Kier molecular flexibility index (Phi) is 5.65. The van der Waals surface area contributed by atoms with E-state index in [-0.39, 0.29) is 18.4 Å². The van der Waals surface area contributed by atoms with E-state index in [1.165, 1.54) is 0 Å². The van der Waals surface area contributed by atoms with Gasteiger partial charge < -0.3 is 10.2 Å². The number of halogens is 2. The fourth-order valence-corrected chi connectivity index (χ4v) is 2.79. The fraction of sp³-hybridized carbons (Fsp3) is 0.400. The molecular weight excluding hydrogens is 309 g/mol. The van der Waals surface area contributed by atoms with Gasteiger partial charge in [-0.25, -0.2) is 4.98 Å². The Balaban J connectivity index is 0.00000161. The minimum absolute atomic E-state index is 0. The summed E-state index contributed by atoms with van der Waals surface area (Å²) in [5.74, 6) is 0.615. The van der Waals surface area contributed by atoms with Crippen LogP contribution in [0.5, 0.6) is 0 Å². The average molecular weight is 328 g/mol. The molecule has 1 aliphatic heterocycles. The molecular formula is C15H19Cl2N3O. The first-order chi connectivity index (χ1) is 9.70. The van der Waals surface area contributed by atoms with Crippen LogP contribution in [-0.2, 0) is 6.54 Å². The number of aromatic nitrogens is 1. The van der Waals surface area contributed by atoms with Crippen LogP contribution >= 0.6 is 24.0 Å². The SMILES string of the molecule is Cl.NC1CCCN(Cc2coc(-c3cccc(Cl)c3)n2)C1. The highest BCUT2D eigenvalue weighted by Gasteiger charge is 2.18. The highest BCUT2D eigenvalue weighted by molar-refractivity contribution is 6.30. The molecule has 0 saturated carbocycles. The maximum absolute atomic E-state index is 5.99. The van der Waals surface area contributed by atoms with Crippen molar-refractivity contribution >= 4 is 24.0 Å². The lowest BCUT2D eigenvalue weighted by atomic mass is 10.1. The van der Waals surface area contributed by atoms with Crippen LogP contribution in [0.1, 0.15) is 18.5 Å². The van der Waals surface area contributed by atoms with Crippen molar-refractivity contribution in [1.82, 2.24) is 9.88 Å². The minimum Gasteiger partial charge on any atom is -0.444 e. The third kappa shape index (κ3) is 4.20. The van der Waals surface area contributed by atoms with Gasteiger partial charge in [0.15, 0.2) is 0 Å². The van der Waals surface area contributed by atoms with E-state index in [0.29, 0.717) is 10.9 Å². The smallest absolute Gasteiger partial charge is 0.226 e. The predicted octanol–water partition coefficient (Wildman–Crippen LogP) is 3.34. The van der Waals surface area contributed by atoms with Gasteiger partial charge in [0.25, 0.3) is 0 Å². The second kappa shape index (κ2) is 7.27. The summed E-state index contributed by atoms with van der Waals surface area (Å²) in [6.07, 6.45) is 3.99. The van der Waals surface area contributed by atoms with Crippen molar-refractivity contribution in [2.45, 2.75) is 25.4 Å². The van der Waals surface area contributed by atoms with Crippen LogP contribution in [0.3, 0.4) is 0 Å². The number of hydrogen-bond acceptors (Lipinski definition) is 4. The average Bonchev–Trinajstić information content (AvgIpc) is 2.87. The van der Waals surface area contributed by atoms with Crippen molar-refractivity contribution in [2.75, 3.05) is 13.1 Å². The van der Waals surface area contributed by atoms with Crippen LogP contribution in [0, 0.1) is 0 Å². The summed E-state index contributed by atoms with van der Waals surface area (Å²) in [5, 5.41) is 0.684. The molecule has 0 amide bonds. The van der Waals surface area contributed by atoms with Gasteiger partial charge in [-0.15, -0.1) is 12.4 Å². The molecule has 6 heteroatoms. The van der Waals surface area contributed by atoms with Crippen molar-refractivity contribution < 1.29 is 4.42 Å². The minimum atomic E-state index is 0. The normalized spacial score (nSPS) is 19.2. The third-order valence-electron chi connectivity index (χ3n) is 3.55. The van der Waals surface area contributed by atoms with Gasteiger partial charge in [0.1, 0.15) is 6.26 Å². The van der Waals surface area contributed by atoms with Gasteiger partial charge >= 0.3 is 0 Å². The first-order valence-corrected chi connectivity index (χ1v) is 7.27. The first-order valence-electron chi connectivity index (χ1n) is 6.89. The van der Waals surface area contributed by atoms with Crippen molar-refractivity contribution in [2.24, 2.45) is 5.73 Å². The lowest BCUT2D eigenvalue weighted by Gasteiger charge is -2.29. The van der Waals surface area contributed by atoms with Gasteiger partial charge in [-0.3, -0.25) is 4.90 Å². The Labute approximate surface area is 135 Å². The van der Waals surface area contributed by atoms with Crippen LogP contribution in [0.4, 0.5) is 0 Å². The lowest BCUT2D eigenvalue weighted by molar-refractivity contribution is 0.199. The summed E-state index contributed by atoms with van der Waals surface area (Å²) in [6, 6.07) is 7.81. The van der Waals surface area contributed by atoms with Gasteiger partial charge in [-0.2, -0.15) is 0 Å². The Morgan fingerprint density at radius 2 is 2.29 bits per heavy atom. The number of nitrogens with two attached hydrogens (primary N) is 1. The fourth-order valence-electron chi connectivity index (χ4n) is 2.60. The molecule has 1 saturated heterocycles. The summed E-state index contributed by atoms with van der Waals surface area (Å²) >= 11 is 5.98. The molecule has 21 heavy (non-hydrogen) atoms. The van der Waals surface area contributed by atoms with E-state index in [2.05, 4.69) is 9.88 Å². The summed E-state index contributed by atoms with van der Waals surface area (Å²) < 4.78 is 5.55. The van der Waals surface area contributed by atoms with Crippen LogP contribution in [0.15, 0.2) is 34.9 Å². The Hall–Kier alpha value is -1.07. The van der Waals surface area contributed by atoms with E-state index in [9.17, 15) is 0 Å². The van der Waals surface area contributed by atoms with Crippen LogP contribution in [0.2, 0.25) is 5.02 Å². The molecule has 1 atom stereocenters. The molecule has 1 unspecified atom stereocenters. The molecule has 0 spiro atoms. The first kappa shape index (κ1) is 16.3. The van der Waals surface area contributed by atoms with Crippen molar-refractivity contribution in [3.8, 4) is 11.5 Å². The van der Waals surface area contributed by atoms with E-state index >= 15 is 0 Å². The monoisotopic (exact) mass is 327 g/mol. The number of hydrogen-bond donors (Lipinski definition) is 1. The quantitative estimate of drug-likeness (QED) is 0.939. The van der Waals surface area contributed by atoms with E-state index < -0.39 is 0 Å². The Morgan fingerprint density at radius 3 is 3.05 bits per heavy atom. The third-order valence-corrected chi connectivity index (χ3v) is 3.79. The molecule has 1 aliphatic rings. The molecule has 2 heterocycles. The van der Waals surface area contributed by atoms with Crippen LogP contribution in [0.25, 0.3) is 11.5 Å². The summed E-state index contributed by atoms with van der Waals surface area (Å²) in [7, 11) is 0. The van der Waals surface area contributed by atoms with Gasteiger partial charge in [0.2, 0.25) is 5.89 Å². The molecule has 1 aromatic heterocycles. The Morgan fingerprint density at radius 1 is 1.43 bits per heavy atom. The molecule has 0 bridgehead atoms. The maximum Gasteiger partial charge on any atom is 0.226 e. The largest absolute Gasteiger partial charge is 0.444 e. The highest BCUT2D eigenvalue weighted by Crippen LogP contribution is 2.22. The molecule has 4 nitrogen and oxygen atoms in total. The molecule has 0 aliphatic carbocycles. The van der Waals surface area contributed by atoms with Gasteiger partial charge in [-0.05, 0) is 37.6 Å². The van der Waals surface area contributed by atoms with Crippen molar-refractivity contribution in [1.29, 1.82) is 0 Å². The van der Waals surface area contributed by atoms with Crippen LogP contribution < -0.4 is 5.73 Å². The summed E-state index contributed by atoms with van der Waals surface area (Å²) in [5.41, 5.74) is 7.83. The van der Waals surface area contributed by atoms with Gasteiger partial charge in [-0.1, -0.05) is 17.7 Å². The molecule has 2 N–H and O–H groups in total. The number of benzene rings is 1. The molecule has 1 fully saturated rings. The standard InChI is InChI=1S/C15H18ClN3O.ClH/c16-12-4-1-3-11(7-12)15-18-14(10-20-15)9-19-6-2-5-13(17)8-19;/h1,3-4,7,10,13H,2,5-6,8-9,17H2;1H. The van der Waals surface area contributed by atoms with Crippen LogP contribution in [-0.4, -0.2) is 29.0 Å². The van der Waals surface area contributed by atoms with Crippen molar-refractivity contribution in [3.05, 3.63) is 41.2 Å². The number of likely N-dealkylation sites (tertiary alicyclic amines) is 1. The predicted molar refractivity (Wildman–Crippen MR) is 86.7 cm³/mol. The molecule has 3 rings (SSSR count). The lowest BCUT2D eigenvalue weighted by Crippen LogP contribution is -2.42. The zero-order chi connectivity index (χ0) is 13.9. The zero-order valence-electron chi connectivity index (χ0n) is 11.7. The highest BCUT2D eigenvalue weighted by atomic mass is 35.5. The Bertz CT molecular complexity index is 588. The van der Waals surface area contributed by atoms with Gasteiger partial charge in [0.05, 0.1) is 5.69 Å². The zero-order valence-corrected chi connectivity index (χ0v) is 13.2. The van der Waals surface area contributed by atoms with E-state index in [4.69, 9.17) is 21.8 Å². The second-order valence-corrected chi connectivity index (χ2v) is 5.73. The second-order valence-electron chi connectivity index (χ2n) is 5.29. The van der Waals surface area contributed by atoms with E-state index in [1.54, 1.807) is 6.26 Å². The number of nitrogens with zero attached hydrogens (tertiary/aromatic N) is 2. The number of rotatable bonds is 3. The van der Waals surface area contributed by atoms with E-state index in [1.807, 2.05) is 24.3 Å². The van der Waals surface area contributed by atoms with Crippen molar-refractivity contribution in [3.63, 3.8) is 0 Å². The summed E-state index contributed by atoms with van der Waals surface area (Å²) in [6.45, 7) is 2.80. The molecule has 2 aromatic rings. The topological polar surface area (TPSA) is 55.3 Å². The summed E-state index contributed by atoms with van der Waals surface area (Å²) in [4.78, 5) is 6.86. The maximum atomic E-state index is 5.99. The number of oxazole rings is 1. The molecule has 1 aromatic carbocycles. The van der Waals surface area contributed by atoms with E-state index in [0.717, 1.165) is 43.7 Å². The molecule has 114 valence electrons. The molecule has 0 radical (unpaired) electrons. The number of piperidine rings is 1. The van der Waals surface area contributed by atoms with Gasteiger partial charge in [0, 0.05) is 29.7 Å².